The highest BCUT2D eigenvalue weighted by molar-refractivity contribution is 5.85. The summed E-state index contributed by atoms with van der Waals surface area (Å²) in [5.74, 6) is 0.971. The molecule has 2 aromatic heterocycles. The average molecular weight is 455 g/mol. The minimum absolute atomic E-state index is 0.198. The van der Waals surface area contributed by atoms with Crippen molar-refractivity contribution in [1.82, 2.24) is 19.5 Å². The first-order valence-corrected chi connectivity index (χ1v) is 11.2. The summed E-state index contributed by atoms with van der Waals surface area (Å²) in [6.07, 6.45) is 2.33. The molecule has 2 unspecified atom stereocenters. The Morgan fingerprint density at radius 2 is 1.94 bits per heavy atom. The lowest BCUT2D eigenvalue weighted by Crippen LogP contribution is -2.33. The van der Waals surface area contributed by atoms with Crippen molar-refractivity contribution in [3.63, 3.8) is 0 Å². The number of unbranched alkanes of at least 4 members (excludes halogenated alkanes) is 2. The first-order valence-electron chi connectivity index (χ1n) is 11.2. The average Bonchev–Trinajstić information content (AvgIpc) is 3.33. The molecule has 176 valence electrons. The number of nitrogens with one attached hydrogen (secondary N) is 1. The van der Waals surface area contributed by atoms with Gasteiger partial charge in [0.2, 0.25) is 5.95 Å². The van der Waals surface area contributed by atoms with E-state index in [-0.39, 0.29) is 5.82 Å². The molecule has 0 radical (unpaired) electrons. The van der Waals surface area contributed by atoms with Crippen molar-refractivity contribution in [3.05, 3.63) is 47.8 Å². The number of aliphatic hydroxyl groups is 3. The van der Waals surface area contributed by atoms with Gasteiger partial charge in [0.25, 0.3) is 0 Å². The van der Waals surface area contributed by atoms with Crippen LogP contribution in [0.2, 0.25) is 0 Å². The molecule has 0 amide bonds. The molecule has 0 bridgehead atoms. The van der Waals surface area contributed by atoms with Crippen LogP contribution in [0, 0.1) is 0 Å². The van der Waals surface area contributed by atoms with E-state index in [0.717, 1.165) is 24.8 Å². The molecule has 10 nitrogen and oxygen atoms in total. The minimum Gasteiger partial charge on any atom is -0.394 e. The van der Waals surface area contributed by atoms with Crippen molar-refractivity contribution in [1.29, 1.82) is 0 Å². The van der Waals surface area contributed by atoms with E-state index in [9.17, 15) is 15.3 Å². The van der Waals surface area contributed by atoms with Crippen molar-refractivity contribution in [3.8, 4) is 0 Å². The van der Waals surface area contributed by atoms with Crippen molar-refractivity contribution < 1.29 is 20.1 Å². The number of benzene rings is 1. The Morgan fingerprint density at radius 3 is 2.64 bits per heavy atom. The fourth-order valence-corrected chi connectivity index (χ4v) is 3.83. The zero-order chi connectivity index (χ0) is 23.4. The maximum Gasteiger partial charge on any atom is 0.207 e. The predicted molar refractivity (Wildman–Crippen MR) is 125 cm³/mol. The molecule has 33 heavy (non-hydrogen) atoms. The molecule has 1 aromatic carbocycles. The van der Waals surface area contributed by atoms with E-state index in [1.807, 2.05) is 36.4 Å². The summed E-state index contributed by atoms with van der Waals surface area (Å²) in [5, 5.41) is 33.8. The van der Waals surface area contributed by atoms with Crippen LogP contribution < -0.4 is 11.1 Å². The second-order valence-electron chi connectivity index (χ2n) is 8.06. The Labute approximate surface area is 191 Å². The molecular weight excluding hydrogens is 424 g/mol. The van der Waals surface area contributed by atoms with E-state index >= 15 is 0 Å². The Kier molecular flexibility index (Phi) is 7.19. The van der Waals surface area contributed by atoms with Gasteiger partial charge in [-0.2, -0.15) is 0 Å². The van der Waals surface area contributed by atoms with Crippen molar-refractivity contribution in [2.45, 2.75) is 57.3 Å². The van der Waals surface area contributed by atoms with E-state index in [1.165, 1.54) is 0 Å². The smallest absolute Gasteiger partial charge is 0.207 e. The molecule has 1 fully saturated rings. The summed E-state index contributed by atoms with van der Waals surface area (Å²) in [5.41, 5.74) is 7.95. The maximum atomic E-state index is 10.7. The molecule has 1 saturated heterocycles. The van der Waals surface area contributed by atoms with Crippen molar-refractivity contribution in [2.24, 2.45) is 0 Å². The quantitative estimate of drug-likeness (QED) is 0.305. The monoisotopic (exact) mass is 454 g/mol. The molecule has 1 aliphatic rings. The van der Waals surface area contributed by atoms with Crippen LogP contribution in [-0.4, -0.2) is 59.8 Å². The highest BCUT2D eigenvalue weighted by atomic mass is 16.6. The molecule has 0 aliphatic carbocycles. The topological polar surface area (TPSA) is 152 Å². The van der Waals surface area contributed by atoms with E-state index < -0.39 is 31.1 Å². The van der Waals surface area contributed by atoms with Gasteiger partial charge in [-0.1, -0.05) is 56.2 Å². The van der Waals surface area contributed by atoms with Crippen LogP contribution in [0.1, 0.15) is 43.8 Å². The zero-order valence-electron chi connectivity index (χ0n) is 18.5. The number of nitrogen functional groups attached to an aromatic ring is 1. The Bertz CT molecular complexity index is 1100. The summed E-state index contributed by atoms with van der Waals surface area (Å²) in [7, 11) is 0. The lowest BCUT2D eigenvalue weighted by Gasteiger charge is -2.20. The van der Waals surface area contributed by atoms with E-state index in [1.54, 1.807) is 10.6 Å². The lowest BCUT2D eigenvalue weighted by atomic mass is 10.1. The number of aromatic nitrogens is 4. The number of fused-ring (bicyclic) bond motifs is 1. The fraction of sp³-hybridized carbons (Fsp3) is 0.435. The van der Waals surface area contributed by atoms with Gasteiger partial charge in [-0.3, -0.25) is 4.57 Å². The van der Waals surface area contributed by atoms with Gasteiger partial charge in [0.05, 0.1) is 6.61 Å². The van der Waals surface area contributed by atoms with Crippen LogP contribution in [-0.2, 0) is 11.3 Å². The molecule has 0 spiro atoms. The number of imidazole rings is 1. The third-order valence-corrected chi connectivity index (χ3v) is 5.64. The van der Waals surface area contributed by atoms with Gasteiger partial charge in [-0.15, -0.1) is 0 Å². The van der Waals surface area contributed by atoms with Crippen molar-refractivity contribution in [2.75, 3.05) is 17.7 Å². The van der Waals surface area contributed by atoms with Crippen molar-refractivity contribution >= 4 is 29.0 Å². The van der Waals surface area contributed by atoms with Crippen LogP contribution >= 0.6 is 0 Å². The van der Waals surface area contributed by atoms with Gasteiger partial charge in [0.15, 0.2) is 29.0 Å². The Hall–Kier alpha value is -3.05. The first-order chi connectivity index (χ1) is 16.0. The van der Waals surface area contributed by atoms with Crippen LogP contribution in [0.5, 0.6) is 0 Å². The molecule has 4 atom stereocenters. The number of allylic oxidation sites excluding steroid dienone is 1. The number of hydrogen-bond acceptors (Lipinski definition) is 9. The Balaban J connectivity index is 1.75. The SMILES string of the molecule is CCCCC=Cc1nc(N)c2nc(NCc3ccccc3)n([C@@H]3O[C@H](CO)C(O)C3O)c2n1. The lowest BCUT2D eigenvalue weighted by molar-refractivity contribution is -0.0501. The summed E-state index contributed by atoms with van der Waals surface area (Å²) < 4.78 is 7.36. The highest BCUT2D eigenvalue weighted by Crippen LogP contribution is 2.35. The van der Waals surface area contributed by atoms with Crippen LogP contribution in [0.4, 0.5) is 11.8 Å². The van der Waals surface area contributed by atoms with Gasteiger partial charge in [-0.25, -0.2) is 15.0 Å². The summed E-state index contributed by atoms with van der Waals surface area (Å²) in [6, 6.07) is 9.75. The number of anilines is 2. The van der Waals surface area contributed by atoms with Gasteiger partial charge in [0, 0.05) is 6.54 Å². The van der Waals surface area contributed by atoms with Gasteiger partial charge in [-0.05, 0) is 18.1 Å². The van der Waals surface area contributed by atoms with Gasteiger partial charge >= 0.3 is 0 Å². The molecule has 6 N–H and O–H groups in total. The Morgan fingerprint density at radius 1 is 1.15 bits per heavy atom. The summed E-state index contributed by atoms with van der Waals surface area (Å²) >= 11 is 0. The second-order valence-corrected chi connectivity index (χ2v) is 8.06. The summed E-state index contributed by atoms with van der Waals surface area (Å²) in [4.78, 5) is 13.5. The standard InChI is InChI=1S/C23H30N6O4/c1-2-3-4-8-11-16-26-20(24)17-21(27-16)29(22-19(32)18(31)15(13-30)33-22)23(28-17)25-12-14-9-6-5-7-10-14/h5-11,15,18-19,22,30-32H,2-4,12-13H2,1H3,(H,25,28)(H2,24,26,27)/t15-,18?,19?,22-/m1/s1. The van der Waals surface area contributed by atoms with Crippen LogP contribution in [0.15, 0.2) is 36.4 Å². The highest BCUT2D eigenvalue weighted by Gasteiger charge is 2.45. The fourth-order valence-electron chi connectivity index (χ4n) is 3.83. The van der Waals surface area contributed by atoms with Gasteiger partial charge < -0.3 is 31.1 Å². The number of hydrogen-bond donors (Lipinski definition) is 5. The predicted octanol–water partition coefficient (Wildman–Crippen LogP) is 1.84. The molecule has 0 saturated carbocycles. The van der Waals surface area contributed by atoms with E-state index in [4.69, 9.17) is 10.5 Å². The van der Waals surface area contributed by atoms with Crippen LogP contribution in [0.3, 0.4) is 0 Å². The minimum atomic E-state index is -1.29. The number of nitrogens with two attached hydrogens (primary N) is 1. The largest absolute Gasteiger partial charge is 0.394 e. The number of aliphatic hydroxyl groups excluding tert-OH is 3. The number of nitrogens with zero attached hydrogens (tertiary/aromatic N) is 4. The maximum absolute atomic E-state index is 10.7. The van der Waals surface area contributed by atoms with E-state index in [2.05, 4.69) is 27.2 Å². The molecule has 1 aliphatic heterocycles. The number of ether oxygens (including phenoxy) is 1. The molecule has 3 heterocycles. The zero-order valence-corrected chi connectivity index (χ0v) is 18.5. The first kappa shape index (κ1) is 23.1. The number of rotatable bonds is 9. The van der Waals surface area contributed by atoms with Crippen LogP contribution in [0.25, 0.3) is 17.2 Å². The molecular formula is C23H30N6O4. The van der Waals surface area contributed by atoms with Gasteiger partial charge in [0.1, 0.15) is 18.3 Å². The molecule has 4 rings (SSSR count). The second kappa shape index (κ2) is 10.3. The normalized spacial score (nSPS) is 23.0. The third kappa shape index (κ3) is 4.83. The summed E-state index contributed by atoms with van der Waals surface area (Å²) in [6.45, 7) is 2.14. The molecule has 10 heteroatoms. The molecule has 3 aromatic rings. The third-order valence-electron chi connectivity index (χ3n) is 5.64. The van der Waals surface area contributed by atoms with E-state index in [0.29, 0.717) is 29.5 Å².